The van der Waals surface area contributed by atoms with E-state index in [0.717, 1.165) is 24.3 Å². The molecule has 16 nitrogen and oxygen atoms in total. The van der Waals surface area contributed by atoms with Crippen LogP contribution < -0.4 is 10.6 Å². The van der Waals surface area contributed by atoms with Gasteiger partial charge < -0.3 is 49.9 Å². The second-order valence-electron chi connectivity index (χ2n) is 19.6. The molecule has 0 aliphatic carbocycles. The van der Waals surface area contributed by atoms with Gasteiger partial charge in [0, 0.05) is 60.7 Å². The lowest BCUT2D eigenvalue weighted by Crippen LogP contribution is -2.61. The Kier molecular flexibility index (Phi) is 17.4. The topological polar surface area (TPSA) is 198 Å². The SMILES string of the molecule is CC(C)(C)OC(=O)N1CC[C@H](C(=O)O)[C@@H](N2CCC[C@@H](Nc3cc(Cl)cc(C(F)(F)F)c3)C2=O)C1.CC(C)(C)OC(=O)N1CC[C@H](C(=O)O)[C@@H](N2CCC[C@@H](Nc3cc(Cl)cc(C(F)(F)F)c3)C2=O)C1. The number of benzene rings is 2. The van der Waals surface area contributed by atoms with Crippen molar-refractivity contribution >= 4 is 70.5 Å². The van der Waals surface area contributed by atoms with Gasteiger partial charge in [0.15, 0.2) is 0 Å². The number of piperidine rings is 4. The van der Waals surface area contributed by atoms with E-state index in [1.807, 2.05) is 0 Å². The molecule has 4 amide bonds. The quantitative estimate of drug-likeness (QED) is 0.184. The van der Waals surface area contributed by atoms with Crippen molar-refractivity contribution < 1.29 is 74.8 Å². The molecule has 4 fully saturated rings. The Morgan fingerprint density at radius 2 is 0.914 bits per heavy atom. The van der Waals surface area contributed by atoms with Crippen LogP contribution in [-0.4, -0.2) is 140 Å². The monoisotopic (exact) mass is 1040 g/mol. The third kappa shape index (κ3) is 14.8. The van der Waals surface area contributed by atoms with Crippen molar-refractivity contribution in [1.29, 1.82) is 0 Å². The van der Waals surface area contributed by atoms with Gasteiger partial charge in [-0.2, -0.15) is 26.3 Å². The zero-order chi connectivity index (χ0) is 52.3. The lowest BCUT2D eigenvalue weighted by atomic mass is 9.88. The fraction of sp³-hybridized carbons (Fsp3) is 0.609. The highest BCUT2D eigenvalue weighted by atomic mass is 35.5. The number of nitrogens with one attached hydrogen (secondary N) is 2. The van der Waals surface area contributed by atoms with Crippen molar-refractivity contribution in [1.82, 2.24) is 19.6 Å². The highest BCUT2D eigenvalue weighted by Gasteiger charge is 2.46. The number of alkyl halides is 6. The zero-order valence-corrected chi connectivity index (χ0v) is 40.9. The van der Waals surface area contributed by atoms with Gasteiger partial charge in [-0.3, -0.25) is 19.2 Å². The number of anilines is 2. The van der Waals surface area contributed by atoms with Crippen LogP contribution in [0.2, 0.25) is 10.0 Å². The third-order valence-corrected chi connectivity index (χ3v) is 12.4. The van der Waals surface area contributed by atoms with Crippen molar-refractivity contribution in [2.24, 2.45) is 11.8 Å². The van der Waals surface area contributed by atoms with Crippen molar-refractivity contribution in [3.05, 3.63) is 57.6 Å². The van der Waals surface area contributed by atoms with Crippen molar-refractivity contribution in [2.45, 2.75) is 128 Å². The maximum atomic E-state index is 13.3. The molecular formula is C46H58Cl2F6N6O10. The zero-order valence-electron chi connectivity index (χ0n) is 39.4. The number of carboxylic acids is 2. The molecule has 24 heteroatoms. The van der Waals surface area contributed by atoms with Crippen LogP contribution in [-0.2, 0) is 41.0 Å². The van der Waals surface area contributed by atoms with E-state index in [0.29, 0.717) is 25.7 Å². The van der Waals surface area contributed by atoms with E-state index >= 15 is 0 Å². The van der Waals surface area contributed by atoms with Crippen molar-refractivity contribution in [2.75, 3.05) is 49.9 Å². The molecule has 6 atom stereocenters. The highest BCUT2D eigenvalue weighted by Crippen LogP contribution is 2.37. The fourth-order valence-electron chi connectivity index (χ4n) is 8.86. The number of likely N-dealkylation sites (tertiary alicyclic amines) is 4. The van der Waals surface area contributed by atoms with Gasteiger partial charge in [-0.1, -0.05) is 23.2 Å². The second kappa shape index (κ2) is 21.9. The van der Waals surface area contributed by atoms with Gasteiger partial charge >= 0.3 is 36.5 Å². The van der Waals surface area contributed by atoms with Crippen LogP contribution >= 0.6 is 23.2 Å². The number of aliphatic carboxylic acids is 2. The molecule has 0 aromatic heterocycles. The van der Waals surface area contributed by atoms with E-state index < -0.39 is 107 Å². The van der Waals surface area contributed by atoms with Crippen LogP contribution in [0.15, 0.2) is 36.4 Å². The number of halogens is 8. The first kappa shape index (κ1) is 55.5. The number of rotatable bonds is 8. The van der Waals surface area contributed by atoms with Crippen LogP contribution in [0.4, 0.5) is 47.3 Å². The van der Waals surface area contributed by atoms with Gasteiger partial charge in [0.2, 0.25) is 11.8 Å². The molecule has 388 valence electrons. The molecule has 4 aliphatic rings. The molecule has 4 aliphatic heterocycles. The predicted molar refractivity (Wildman–Crippen MR) is 244 cm³/mol. The minimum absolute atomic E-state index is 0.0142. The van der Waals surface area contributed by atoms with Gasteiger partial charge in [0.1, 0.15) is 23.3 Å². The fourth-order valence-corrected chi connectivity index (χ4v) is 9.33. The van der Waals surface area contributed by atoms with Gasteiger partial charge in [-0.25, -0.2) is 9.59 Å². The predicted octanol–water partition coefficient (Wildman–Crippen LogP) is 8.94. The molecule has 4 heterocycles. The van der Waals surface area contributed by atoms with Crippen molar-refractivity contribution in [3.8, 4) is 0 Å². The van der Waals surface area contributed by atoms with Gasteiger partial charge in [-0.15, -0.1) is 0 Å². The summed E-state index contributed by atoms with van der Waals surface area (Å²) < 4.78 is 89.8. The van der Waals surface area contributed by atoms with Crippen LogP contribution in [0.1, 0.15) is 91.2 Å². The van der Waals surface area contributed by atoms with Crippen molar-refractivity contribution in [3.63, 3.8) is 0 Å². The van der Waals surface area contributed by atoms with E-state index in [2.05, 4.69) is 10.6 Å². The van der Waals surface area contributed by atoms with Crippen LogP contribution in [0.25, 0.3) is 0 Å². The minimum atomic E-state index is -4.61. The summed E-state index contributed by atoms with van der Waals surface area (Å²) in [6.07, 6.45) is -8.40. The van der Waals surface area contributed by atoms with Gasteiger partial charge in [0.25, 0.3) is 0 Å². The normalized spacial score (nSPS) is 23.7. The Bertz CT molecular complexity index is 2120. The number of hydrogen-bond donors (Lipinski definition) is 4. The van der Waals surface area contributed by atoms with E-state index in [1.54, 1.807) is 41.5 Å². The molecule has 2 aromatic carbocycles. The summed E-state index contributed by atoms with van der Waals surface area (Å²) in [5.41, 5.74) is -3.29. The molecule has 0 bridgehead atoms. The average Bonchev–Trinajstić information content (AvgIpc) is 3.22. The third-order valence-electron chi connectivity index (χ3n) is 12.0. The Balaban J connectivity index is 0.000000261. The number of carbonyl (C=O) groups excluding carboxylic acids is 4. The first-order valence-corrected chi connectivity index (χ1v) is 23.4. The first-order chi connectivity index (χ1) is 32.3. The molecule has 0 spiro atoms. The smallest absolute Gasteiger partial charge is 0.416 e. The summed E-state index contributed by atoms with van der Waals surface area (Å²) in [7, 11) is 0. The Morgan fingerprint density at radius 1 is 0.571 bits per heavy atom. The van der Waals surface area contributed by atoms with E-state index in [1.165, 1.54) is 31.7 Å². The summed E-state index contributed by atoms with van der Waals surface area (Å²) in [6, 6.07) is 2.63. The molecule has 4 saturated heterocycles. The lowest BCUT2D eigenvalue weighted by molar-refractivity contribution is -0.152. The standard InChI is InChI=1S/2C23H29ClF3N3O5/c2*1-22(2,3)35-21(34)29-8-6-16(20(32)33)18(12-29)30-7-4-5-17(19(30)31)28-15-10-13(23(25,26)27)9-14(24)11-15/h2*9-11,16-18,28H,4-8,12H2,1-3H3,(H,32,33)/t2*16-,17+,18-/m00/s1. The van der Waals surface area contributed by atoms with Crippen LogP contribution in [0, 0.1) is 11.8 Å². The van der Waals surface area contributed by atoms with E-state index in [-0.39, 0.29) is 73.5 Å². The molecule has 2 aromatic rings. The Morgan fingerprint density at radius 3 is 1.21 bits per heavy atom. The number of hydrogen-bond acceptors (Lipinski definition) is 10. The number of amides is 4. The average molecular weight is 1040 g/mol. The first-order valence-electron chi connectivity index (χ1n) is 22.6. The summed E-state index contributed by atoms with van der Waals surface area (Å²) in [6.45, 7) is 11.2. The molecule has 0 saturated carbocycles. The number of carbonyl (C=O) groups is 6. The molecule has 4 N–H and O–H groups in total. The summed E-state index contributed by atoms with van der Waals surface area (Å²) in [5, 5.41) is 24.9. The number of nitrogens with zero attached hydrogens (tertiary/aromatic N) is 4. The lowest BCUT2D eigenvalue weighted by Gasteiger charge is -2.45. The molecule has 0 unspecified atom stereocenters. The number of ether oxygens (including phenoxy) is 2. The Labute approximate surface area is 410 Å². The molecule has 0 radical (unpaired) electrons. The van der Waals surface area contributed by atoms with E-state index in [4.69, 9.17) is 32.7 Å². The minimum Gasteiger partial charge on any atom is -0.481 e. The highest BCUT2D eigenvalue weighted by molar-refractivity contribution is 6.31. The molecular weight excluding hydrogens is 981 g/mol. The maximum absolute atomic E-state index is 13.3. The van der Waals surface area contributed by atoms with Gasteiger partial charge in [0.05, 0.1) is 35.0 Å². The van der Waals surface area contributed by atoms with E-state index in [9.17, 15) is 65.3 Å². The summed E-state index contributed by atoms with van der Waals surface area (Å²) >= 11 is 11.7. The molecule has 70 heavy (non-hydrogen) atoms. The number of carboxylic acid groups (broad SMARTS) is 2. The Hall–Kier alpha value is -5.38. The largest absolute Gasteiger partial charge is 0.481 e. The summed E-state index contributed by atoms with van der Waals surface area (Å²) in [4.78, 5) is 81.4. The summed E-state index contributed by atoms with van der Waals surface area (Å²) in [5.74, 6) is -4.81. The molecule has 6 rings (SSSR count). The van der Waals surface area contributed by atoms with Gasteiger partial charge in [-0.05, 0) is 116 Å². The maximum Gasteiger partial charge on any atom is 0.416 e. The second-order valence-corrected chi connectivity index (χ2v) is 20.5. The van der Waals surface area contributed by atoms with Crippen LogP contribution in [0.3, 0.4) is 0 Å². The van der Waals surface area contributed by atoms with Crippen LogP contribution in [0.5, 0.6) is 0 Å².